The first-order chi connectivity index (χ1) is 12.6. The number of carbonyl (C=O) groups is 2. The van der Waals surface area contributed by atoms with Crippen LogP contribution < -0.4 is 15.4 Å². The van der Waals surface area contributed by atoms with Gasteiger partial charge < -0.3 is 10.1 Å². The summed E-state index contributed by atoms with van der Waals surface area (Å²) >= 11 is 5.84. The molecule has 1 heterocycles. The Morgan fingerprint density at radius 1 is 1.15 bits per heavy atom. The maximum Gasteiger partial charge on any atom is 0.321 e. The number of carbonyl (C=O) groups excluding carboxylic acids is 2. The standard InChI is InChI=1S/C18H25ClN4O3/c1-2-7-20-18(25)21-17(24)14-23-10-8-22(9-11-23)12-13-26-16-5-3-15(19)4-6-16/h2-6H,1,7-14H2,(H2,20,21,24,25). The number of nitrogens with one attached hydrogen (secondary N) is 2. The predicted octanol–water partition coefficient (Wildman–Crippen LogP) is 1.35. The molecule has 142 valence electrons. The van der Waals surface area contributed by atoms with Gasteiger partial charge in [0, 0.05) is 44.3 Å². The average Bonchev–Trinajstić information content (AvgIpc) is 2.63. The molecule has 1 aromatic rings. The van der Waals surface area contributed by atoms with E-state index >= 15 is 0 Å². The van der Waals surface area contributed by atoms with E-state index in [1.54, 1.807) is 18.2 Å². The first-order valence-corrected chi connectivity index (χ1v) is 8.96. The van der Waals surface area contributed by atoms with Crippen LogP contribution in [0.15, 0.2) is 36.9 Å². The lowest BCUT2D eigenvalue weighted by atomic mass is 10.3. The van der Waals surface area contributed by atoms with Gasteiger partial charge >= 0.3 is 6.03 Å². The summed E-state index contributed by atoms with van der Waals surface area (Å²) in [5, 5.41) is 5.51. The largest absolute Gasteiger partial charge is 0.492 e. The lowest BCUT2D eigenvalue weighted by molar-refractivity contribution is -0.121. The van der Waals surface area contributed by atoms with Gasteiger partial charge in [0.25, 0.3) is 0 Å². The molecule has 1 aromatic carbocycles. The van der Waals surface area contributed by atoms with Crippen LogP contribution in [0.2, 0.25) is 5.02 Å². The summed E-state index contributed by atoms with van der Waals surface area (Å²) in [5.74, 6) is 0.505. The molecule has 7 nitrogen and oxygen atoms in total. The van der Waals surface area contributed by atoms with Crippen molar-refractivity contribution in [3.8, 4) is 5.75 Å². The van der Waals surface area contributed by atoms with Crippen LogP contribution in [0, 0.1) is 0 Å². The van der Waals surface area contributed by atoms with Gasteiger partial charge in [-0.2, -0.15) is 0 Å². The third-order valence-corrected chi connectivity index (χ3v) is 4.23. The third-order valence-electron chi connectivity index (χ3n) is 3.98. The summed E-state index contributed by atoms with van der Waals surface area (Å²) in [6, 6.07) is 6.82. The van der Waals surface area contributed by atoms with Gasteiger partial charge in [-0.15, -0.1) is 6.58 Å². The molecular formula is C18H25ClN4O3. The predicted molar refractivity (Wildman–Crippen MR) is 102 cm³/mol. The van der Waals surface area contributed by atoms with Crippen molar-refractivity contribution >= 4 is 23.5 Å². The number of hydrogen-bond acceptors (Lipinski definition) is 5. The lowest BCUT2D eigenvalue weighted by Gasteiger charge is -2.34. The quantitative estimate of drug-likeness (QED) is 0.666. The highest BCUT2D eigenvalue weighted by Crippen LogP contribution is 2.15. The normalized spacial score (nSPS) is 15.3. The minimum absolute atomic E-state index is 0.219. The molecule has 0 aliphatic carbocycles. The van der Waals surface area contributed by atoms with Gasteiger partial charge in [0.15, 0.2) is 0 Å². The molecule has 3 amide bonds. The van der Waals surface area contributed by atoms with E-state index in [2.05, 4.69) is 22.1 Å². The maximum atomic E-state index is 11.8. The van der Waals surface area contributed by atoms with Crippen LogP contribution in [0.4, 0.5) is 4.79 Å². The number of piperazine rings is 1. The Bertz CT molecular complexity index is 601. The number of rotatable bonds is 8. The molecular weight excluding hydrogens is 356 g/mol. The van der Waals surface area contributed by atoms with Crippen LogP contribution >= 0.6 is 11.6 Å². The fourth-order valence-electron chi connectivity index (χ4n) is 2.57. The Balaban J connectivity index is 1.59. The van der Waals surface area contributed by atoms with Crippen LogP contribution in [0.1, 0.15) is 0 Å². The van der Waals surface area contributed by atoms with Gasteiger partial charge in [-0.1, -0.05) is 17.7 Å². The van der Waals surface area contributed by atoms with E-state index in [-0.39, 0.29) is 12.5 Å². The molecule has 0 saturated carbocycles. The van der Waals surface area contributed by atoms with Crippen molar-refractivity contribution in [2.45, 2.75) is 0 Å². The smallest absolute Gasteiger partial charge is 0.321 e. The topological polar surface area (TPSA) is 73.9 Å². The second-order valence-electron chi connectivity index (χ2n) is 5.97. The van der Waals surface area contributed by atoms with Gasteiger partial charge in [-0.05, 0) is 24.3 Å². The fraction of sp³-hybridized carbons (Fsp3) is 0.444. The highest BCUT2D eigenvalue weighted by molar-refractivity contribution is 6.30. The van der Waals surface area contributed by atoms with Crippen molar-refractivity contribution in [3.05, 3.63) is 41.9 Å². The summed E-state index contributed by atoms with van der Waals surface area (Å²) in [6.07, 6.45) is 1.56. The molecule has 26 heavy (non-hydrogen) atoms. The van der Waals surface area contributed by atoms with Crippen LogP contribution in [0.5, 0.6) is 5.75 Å². The Kier molecular flexibility index (Phi) is 8.40. The van der Waals surface area contributed by atoms with Gasteiger partial charge in [0.2, 0.25) is 5.91 Å². The molecule has 1 aliphatic rings. The molecule has 1 aliphatic heterocycles. The zero-order valence-corrected chi connectivity index (χ0v) is 15.5. The number of nitrogens with zero attached hydrogens (tertiary/aromatic N) is 2. The van der Waals surface area contributed by atoms with E-state index in [1.165, 1.54) is 0 Å². The molecule has 0 bridgehead atoms. The van der Waals surface area contributed by atoms with Gasteiger partial charge in [0.1, 0.15) is 12.4 Å². The summed E-state index contributed by atoms with van der Waals surface area (Å²) in [6.45, 7) is 8.76. The fourth-order valence-corrected chi connectivity index (χ4v) is 2.70. The van der Waals surface area contributed by atoms with Gasteiger partial charge in [-0.3, -0.25) is 19.9 Å². The number of benzene rings is 1. The van der Waals surface area contributed by atoms with E-state index in [0.29, 0.717) is 18.2 Å². The minimum Gasteiger partial charge on any atom is -0.492 e. The van der Waals surface area contributed by atoms with Crippen molar-refractivity contribution in [1.29, 1.82) is 0 Å². The minimum atomic E-state index is -0.493. The Morgan fingerprint density at radius 3 is 2.46 bits per heavy atom. The molecule has 0 aromatic heterocycles. The molecule has 8 heteroatoms. The summed E-state index contributed by atoms with van der Waals surface area (Å²) in [7, 11) is 0. The molecule has 1 saturated heterocycles. The summed E-state index contributed by atoms with van der Waals surface area (Å²) in [5.41, 5.74) is 0. The monoisotopic (exact) mass is 380 g/mol. The Hall–Kier alpha value is -2.09. The van der Waals surface area contributed by atoms with Crippen molar-refractivity contribution in [2.75, 3.05) is 52.4 Å². The van der Waals surface area contributed by atoms with Crippen LogP contribution in [-0.2, 0) is 4.79 Å². The SMILES string of the molecule is C=CCNC(=O)NC(=O)CN1CCN(CCOc2ccc(Cl)cc2)CC1. The zero-order valence-electron chi connectivity index (χ0n) is 14.7. The van der Waals surface area contributed by atoms with Crippen LogP contribution in [-0.4, -0.2) is 74.2 Å². The van der Waals surface area contributed by atoms with Crippen LogP contribution in [0.3, 0.4) is 0 Å². The van der Waals surface area contributed by atoms with Crippen molar-refractivity contribution in [2.24, 2.45) is 0 Å². The number of urea groups is 1. The van der Waals surface area contributed by atoms with E-state index < -0.39 is 6.03 Å². The number of amides is 3. The van der Waals surface area contributed by atoms with Crippen molar-refractivity contribution < 1.29 is 14.3 Å². The van der Waals surface area contributed by atoms with E-state index in [9.17, 15) is 9.59 Å². The molecule has 0 atom stereocenters. The second-order valence-corrected chi connectivity index (χ2v) is 6.40. The molecule has 2 N–H and O–H groups in total. The van der Waals surface area contributed by atoms with Gasteiger partial charge in [-0.25, -0.2) is 4.79 Å². The number of ether oxygens (including phenoxy) is 1. The molecule has 0 spiro atoms. The van der Waals surface area contributed by atoms with E-state index in [0.717, 1.165) is 38.5 Å². The Morgan fingerprint density at radius 2 is 1.81 bits per heavy atom. The van der Waals surface area contributed by atoms with Gasteiger partial charge in [0.05, 0.1) is 6.54 Å². The van der Waals surface area contributed by atoms with Crippen molar-refractivity contribution in [3.63, 3.8) is 0 Å². The zero-order chi connectivity index (χ0) is 18.8. The first-order valence-electron chi connectivity index (χ1n) is 8.58. The second kappa shape index (κ2) is 10.8. The Labute approximate surface area is 158 Å². The lowest BCUT2D eigenvalue weighted by Crippen LogP contribution is -2.51. The maximum absolute atomic E-state index is 11.8. The van der Waals surface area contributed by atoms with E-state index in [4.69, 9.17) is 16.3 Å². The van der Waals surface area contributed by atoms with E-state index in [1.807, 2.05) is 17.0 Å². The summed E-state index contributed by atoms with van der Waals surface area (Å²) in [4.78, 5) is 27.6. The number of halogens is 1. The molecule has 0 unspecified atom stereocenters. The molecule has 2 rings (SSSR count). The highest BCUT2D eigenvalue weighted by atomic mass is 35.5. The van der Waals surface area contributed by atoms with Crippen LogP contribution in [0.25, 0.3) is 0 Å². The first kappa shape index (κ1) is 20.2. The number of imide groups is 1. The third kappa shape index (κ3) is 7.43. The summed E-state index contributed by atoms with van der Waals surface area (Å²) < 4.78 is 5.70. The highest BCUT2D eigenvalue weighted by Gasteiger charge is 2.19. The molecule has 1 fully saturated rings. The van der Waals surface area contributed by atoms with Crippen molar-refractivity contribution in [1.82, 2.24) is 20.4 Å². The average molecular weight is 381 g/mol. The number of hydrogen-bond donors (Lipinski definition) is 2. The molecule has 0 radical (unpaired) electrons.